The van der Waals surface area contributed by atoms with E-state index in [9.17, 15) is 0 Å². The third kappa shape index (κ3) is 3.04. The van der Waals surface area contributed by atoms with Gasteiger partial charge >= 0.3 is 0 Å². The van der Waals surface area contributed by atoms with Gasteiger partial charge in [-0.3, -0.25) is 0 Å². The van der Waals surface area contributed by atoms with Gasteiger partial charge in [0.25, 0.3) is 0 Å². The van der Waals surface area contributed by atoms with Crippen molar-refractivity contribution in [2.24, 2.45) is 5.11 Å². The number of nitrogen functional groups attached to an aromatic ring is 1. The Morgan fingerprint density at radius 3 is 2.87 bits per heavy atom. The lowest BCUT2D eigenvalue weighted by Gasteiger charge is -2.06. The van der Waals surface area contributed by atoms with Gasteiger partial charge in [0.2, 0.25) is 0 Å². The highest BCUT2D eigenvalue weighted by Gasteiger charge is 1.99. The summed E-state index contributed by atoms with van der Waals surface area (Å²) in [4.78, 5) is 2.67. The Kier molecular flexibility index (Phi) is 3.77. The monoisotopic (exact) mass is 202 g/mol. The summed E-state index contributed by atoms with van der Waals surface area (Å²) in [5.74, 6) is 0. The first kappa shape index (κ1) is 11.1. The number of aryl methyl sites for hydroxylation is 2. The Morgan fingerprint density at radius 1 is 1.47 bits per heavy atom. The van der Waals surface area contributed by atoms with E-state index in [1.165, 1.54) is 5.56 Å². The molecule has 0 aliphatic rings. The molecule has 0 radical (unpaired) electrons. The van der Waals surface area contributed by atoms with Crippen molar-refractivity contribution in [2.45, 2.75) is 13.8 Å². The first-order valence-corrected chi connectivity index (χ1v) is 4.69. The highest BCUT2D eigenvalue weighted by atomic mass is 15.1. The number of anilines is 1. The lowest BCUT2D eigenvalue weighted by atomic mass is 10.0. The minimum atomic E-state index is 0.350. The predicted octanol–water partition coefficient (Wildman–Crippen LogP) is 3.21. The molecule has 0 heterocycles. The van der Waals surface area contributed by atoms with Gasteiger partial charge in [0.05, 0.1) is 0 Å². The van der Waals surface area contributed by atoms with Gasteiger partial charge < -0.3 is 5.73 Å². The summed E-state index contributed by atoms with van der Waals surface area (Å²) in [5, 5.41) is 3.41. The van der Waals surface area contributed by atoms with Crippen LogP contribution >= 0.6 is 0 Å². The van der Waals surface area contributed by atoms with E-state index in [2.05, 4.69) is 10.0 Å². The average molecular weight is 202 g/mol. The van der Waals surface area contributed by atoms with E-state index in [4.69, 9.17) is 11.3 Å². The summed E-state index contributed by atoms with van der Waals surface area (Å²) in [6, 6.07) is 4.05. The Balaban J connectivity index is 2.94. The maximum atomic E-state index is 8.11. The molecule has 0 saturated carbocycles. The predicted molar refractivity (Wildman–Crippen MR) is 63.4 cm³/mol. The highest BCUT2D eigenvalue weighted by Crippen LogP contribution is 2.20. The van der Waals surface area contributed by atoms with Crippen molar-refractivity contribution in [1.82, 2.24) is 0 Å². The number of hydrogen-bond acceptors (Lipinski definition) is 2. The van der Waals surface area contributed by atoms with Crippen LogP contribution in [0, 0.1) is 13.8 Å². The number of rotatable bonds is 3. The molecule has 1 aromatic rings. The minimum Gasteiger partial charge on any atom is -0.398 e. The Hall–Kier alpha value is -1.93. The second-order valence-electron chi connectivity index (χ2n) is 3.40. The van der Waals surface area contributed by atoms with E-state index in [0.717, 1.165) is 16.8 Å². The molecule has 0 atom stereocenters. The van der Waals surface area contributed by atoms with Crippen LogP contribution in [-0.4, -0.2) is 6.54 Å². The number of benzene rings is 1. The summed E-state index contributed by atoms with van der Waals surface area (Å²) in [7, 11) is 0. The van der Waals surface area contributed by atoms with Crippen molar-refractivity contribution < 1.29 is 0 Å². The number of nitrogens with zero attached hydrogens (tertiary/aromatic N) is 3. The zero-order chi connectivity index (χ0) is 11.3. The van der Waals surface area contributed by atoms with Crippen LogP contribution in [0.3, 0.4) is 0 Å². The molecule has 2 N–H and O–H groups in total. The van der Waals surface area contributed by atoms with E-state index in [1.807, 2.05) is 32.1 Å². The summed E-state index contributed by atoms with van der Waals surface area (Å²) < 4.78 is 0. The lowest BCUT2D eigenvalue weighted by molar-refractivity contribution is 1.22. The molecule has 15 heavy (non-hydrogen) atoms. The second kappa shape index (κ2) is 5.08. The van der Waals surface area contributed by atoms with Crippen LogP contribution in [0.15, 0.2) is 23.3 Å². The molecule has 0 spiro atoms. The molecule has 1 aromatic carbocycles. The van der Waals surface area contributed by atoms with Crippen LogP contribution in [0.4, 0.5) is 5.69 Å². The van der Waals surface area contributed by atoms with Crippen molar-refractivity contribution in [1.29, 1.82) is 0 Å². The summed E-state index contributed by atoms with van der Waals surface area (Å²) >= 11 is 0. The zero-order valence-electron chi connectivity index (χ0n) is 8.94. The first-order valence-electron chi connectivity index (χ1n) is 4.69. The van der Waals surface area contributed by atoms with Gasteiger partial charge in [-0.1, -0.05) is 28.9 Å². The molecular formula is C11H14N4. The smallest absolute Gasteiger partial charge is 0.0443 e. The standard InChI is InChI=1S/C11H14N4/c1-8-6-9(2)11(12)10(7-8)4-3-5-14-15-13/h3-4,6-7H,5,12H2,1-2H3. The van der Waals surface area contributed by atoms with Crippen LogP contribution < -0.4 is 5.73 Å². The first-order chi connectivity index (χ1) is 7.15. The number of hydrogen-bond donors (Lipinski definition) is 1. The topological polar surface area (TPSA) is 74.8 Å². The maximum Gasteiger partial charge on any atom is 0.0443 e. The van der Waals surface area contributed by atoms with Crippen LogP contribution in [0.2, 0.25) is 0 Å². The molecule has 0 bridgehead atoms. The SMILES string of the molecule is Cc1cc(C)c(N)c(C=CCN=[N+]=[N-])c1. The molecule has 0 fully saturated rings. The zero-order valence-corrected chi connectivity index (χ0v) is 8.94. The van der Waals surface area contributed by atoms with Crippen LogP contribution in [0.25, 0.3) is 16.5 Å². The van der Waals surface area contributed by atoms with Crippen molar-refractivity contribution in [3.8, 4) is 0 Å². The summed E-state index contributed by atoms with van der Waals surface area (Å²) in [5.41, 5.74) is 18.0. The fourth-order valence-corrected chi connectivity index (χ4v) is 1.41. The maximum absolute atomic E-state index is 8.11. The largest absolute Gasteiger partial charge is 0.398 e. The minimum absolute atomic E-state index is 0.350. The van der Waals surface area contributed by atoms with Gasteiger partial charge in [-0.2, -0.15) is 0 Å². The van der Waals surface area contributed by atoms with Crippen LogP contribution in [0.1, 0.15) is 16.7 Å². The van der Waals surface area contributed by atoms with Crippen molar-refractivity contribution in [3.63, 3.8) is 0 Å². The van der Waals surface area contributed by atoms with Gasteiger partial charge in [-0.25, -0.2) is 0 Å². The average Bonchev–Trinajstić information content (AvgIpc) is 2.19. The molecule has 0 amide bonds. The third-order valence-electron chi connectivity index (χ3n) is 2.11. The summed E-state index contributed by atoms with van der Waals surface area (Å²) in [6.45, 7) is 4.35. The highest BCUT2D eigenvalue weighted by molar-refractivity contribution is 5.68. The molecule has 1 rings (SSSR count). The molecule has 4 heteroatoms. The Bertz CT molecular complexity index is 428. The Labute approximate surface area is 89.0 Å². The van der Waals surface area contributed by atoms with Gasteiger partial charge in [-0.05, 0) is 36.6 Å². The molecule has 78 valence electrons. The number of nitrogens with two attached hydrogens (primary N) is 1. The third-order valence-corrected chi connectivity index (χ3v) is 2.11. The molecule has 0 saturated heterocycles. The summed E-state index contributed by atoms with van der Waals surface area (Å²) in [6.07, 6.45) is 3.67. The molecule has 4 nitrogen and oxygen atoms in total. The van der Waals surface area contributed by atoms with Crippen molar-refractivity contribution in [3.05, 3.63) is 45.3 Å². The molecule has 0 aliphatic carbocycles. The van der Waals surface area contributed by atoms with Crippen LogP contribution in [0.5, 0.6) is 0 Å². The van der Waals surface area contributed by atoms with Gasteiger partial charge in [0.1, 0.15) is 0 Å². The molecular weight excluding hydrogens is 188 g/mol. The fraction of sp³-hybridized carbons (Fsp3) is 0.273. The Morgan fingerprint density at radius 2 is 2.20 bits per heavy atom. The number of azide groups is 1. The second-order valence-corrected chi connectivity index (χ2v) is 3.40. The van der Waals surface area contributed by atoms with E-state index in [1.54, 1.807) is 6.08 Å². The van der Waals surface area contributed by atoms with E-state index in [-0.39, 0.29) is 0 Å². The molecule has 0 aromatic heterocycles. The molecule has 0 unspecified atom stereocenters. The van der Waals surface area contributed by atoms with E-state index >= 15 is 0 Å². The van der Waals surface area contributed by atoms with E-state index in [0.29, 0.717) is 6.54 Å². The van der Waals surface area contributed by atoms with Crippen molar-refractivity contribution in [2.75, 3.05) is 12.3 Å². The van der Waals surface area contributed by atoms with Gasteiger partial charge in [0.15, 0.2) is 0 Å². The lowest BCUT2D eigenvalue weighted by Crippen LogP contribution is -1.94. The fourth-order valence-electron chi connectivity index (χ4n) is 1.41. The van der Waals surface area contributed by atoms with Crippen LogP contribution in [-0.2, 0) is 0 Å². The molecule has 0 aliphatic heterocycles. The van der Waals surface area contributed by atoms with Crippen molar-refractivity contribution >= 4 is 11.8 Å². The van der Waals surface area contributed by atoms with Gasteiger partial charge in [0, 0.05) is 17.1 Å². The van der Waals surface area contributed by atoms with E-state index < -0.39 is 0 Å². The normalized spacial score (nSPS) is 10.3. The quantitative estimate of drug-likeness (QED) is 0.347. The van der Waals surface area contributed by atoms with Gasteiger partial charge in [-0.15, -0.1) is 0 Å².